The number of nitrogens with zero attached hydrogens (tertiary/aromatic N) is 6. The standard InChI is InChI=1S/C23H32N2O4.C19H12F4N2O2.C18H18N2O5S.C16H17N3O5S/c1-7-16-13-15(3)14-17(8-2)18(16)19-20(26)24-9-11-28-12-10-25(24)21(19)29-22(27)23(4,5)6;20-13-7-9-14(10-8-13)24-18(26)16-5-2-6-17(25-16)27-15-4-1-3-12(11-15)19(21,22)23;1-25-16-5-3-2-4-15(16)18(22)20-26(23,24)14-10-6-12(7-11-14)17(21)19-13-8-9-13;1-9-10(15(20)11-8-17-19(2)16(11)21)4-5-13(25(3,22)23)14(9)12-6-7-24-18-12/h13-14H,7-12H2,1-6H3;1-11H,(H,24,26);2-7,10-11,13H,8-9H2,1H3,(H,19,21)(H,20,22);4-5,8,21H,6-7H2,1-3H3. The molecule has 12 rings (SSSR count). The first-order valence-electron chi connectivity index (χ1n) is 33.7. The topological polar surface area (TPSA) is 326 Å². The number of ether oxygens (including phenoxy) is 4. The number of carbonyl (C=O) groups is 5. The number of aromatic hydroxyl groups is 1. The monoisotopic (exact) mass is 1510 g/mol. The van der Waals surface area contributed by atoms with Crippen molar-refractivity contribution >= 4 is 60.7 Å². The van der Waals surface area contributed by atoms with Gasteiger partial charge >= 0.3 is 12.1 Å². The predicted octanol–water partition coefficient (Wildman–Crippen LogP) is 11.9. The van der Waals surface area contributed by atoms with Crippen molar-refractivity contribution in [3.05, 3.63) is 223 Å². The average molecular weight is 1510 g/mol. The van der Waals surface area contributed by atoms with Crippen LogP contribution in [-0.2, 0) is 73.4 Å². The van der Waals surface area contributed by atoms with Gasteiger partial charge in [0.2, 0.25) is 17.6 Å². The Morgan fingerprint density at radius 2 is 1.38 bits per heavy atom. The van der Waals surface area contributed by atoms with Crippen LogP contribution in [0.3, 0.4) is 0 Å². The molecule has 0 radical (unpaired) electrons. The lowest BCUT2D eigenvalue weighted by Crippen LogP contribution is -2.31. The molecule has 0 atom stereocenters. The van der Waals surface area contributed by atoms with Crippen molar-refractivity contribution in [2.75, 3.05) is 38.5 Å². The van der Waals surface area contributed by atoms with E-state index in [1.807, 2.05) is 25.5 Å². The van der Waals surface area contributed by atoms with E-state index in [0.717, 1.165) is 60.8 Å². The number of halogens is 4. The Morgan fingerprint density at radius 1 is 0.729 bits per heavy atom. The van der Waals surface area contributed by atoms with Crippen LogP contribution in [0.5, 0.6) is 29.1 Å². The molecule has 3 aliphatic rings. The van der Waals surface area contributed by atoms with Crippen molar-refractivity contribution in [2.45, 2.75) is 116 Å². The number of fused-ring (bicyclic) bond motifs is 1. The van der Waals surface area contributed by atoms with E-state index in [-0.39, 0.29) is 78.9 Å². The summed E-state index contributed by atoms with van der Waals surface area (Å²) in [6.45, 7) is 15.6. The summed E-state index contributed by atoms with van der Waals surface area (Å²) in [5, 5.41) is 23.1. The Hall–Kier alpha value is -11.3. The van der Waals surface area contributed by atoms with Crippen molar-refractivity contribution in [3.8, 4) is 40.3 Å². The number of aryl methyl sites for hydroxylation is 4. The first-order chi connectivity index (χ1) is 50.6. The molecule has 5 heterocycles. The number of ketones is 1. The molecule has 6 aromatic carbocycles. The molecule has 1 saturated carbocycles. The van der Waals surface area contributed by atoms with E-state index in [1.54, 1.807) is 34.5 Å². The molecule has 4 N–H and O–H groups in total. The summed E-state index contributed by atoms with van der Waals surface area (Å²) in [6.07, 6.45) is 1.87. The molecular formula is C76H79F4N9O16S2. The van der Waals surface area contributed by atoms with Crippen LogP contribution in [0.15, 0.2) is 165 Å². The van der Waals surface area contributed by atoms with Crippen LogP contribution in [0, 0.1) is 25.1 Å². The van der Waals surface area contributed by atoms with Crippen LogP contribution in [0.25, 0.3) is 11.1 Å². The molecule has 31 heteroatoms. The first kappa shape index (κ1) is 79.8. The zero-order valence-corrected chi connectivity index (χ0v) is 61.7. The Balaban J connectivity index is 0.000000165. The highest BCUT2D eigenvalue weighted by Crippen LogP contribution is 2.38. The number of anilines is 1. The van der Waals surface area contributed by atoms with Crippen LogP contribution >= 0.6 is 0 Å². The summed E-state index contributed by atoms with van der Waals surface area (Å²) in [5.41, 5.74) is 5.64. The van der Waals surface area contributed by atoms with Crippen LogP contribution in [0.2, 0.25) is 0 Å². The molecule has 1 aliphatic carbocycles. The van der Waals surface area contributed by atoms with E-state index < -0.39 is 60.4 Å². The number of benzene rings is 6. The number of hydrogen-bond donors (Lipinski definition) is 4. The smallest absolute Gasteiger partial charge is 0.416 e. The number of aromatic nitrogens is 5. The SMILES string of the molecule is CCc1cc(C)cc(CC)c1-c1c(OC(=O)C(C)(C)C)n2n(c1=O)CCOCC2.COc1ccccc1C(=O)NS(=O)(=O)c1ccc(C(=O)NC2CC2)cc1.Cc1c(C(=O)c2cnn(C)c2O)ccc(S(C)(=O)=O)c1C1=NOCC1.O=C(Nc1ccc(F)cc1)c1cccc(Oc2cccc(C(F)(F)F)c2)n1. The van der Waals surface area contributed by atoms with Gasteiger partial charge in [0, 0.05) is 54.2 Å². The number of amides is 3. The van der Waals surface area contributed by atoms with E-state index in [1.165, 1.54) is 128 Å². The molecule has 3 amide bonds. The minimum absolute atomic E-state index is 0.0104. The van der Waals surface area contributed by atoms with Gasteiger partial charge in [0.1, 0.15) is 40.7 Å². The number of carbonyl (C=O) groups excluding carboxylic acids is 5. The number of nitrogens with one attached hydrogen (secondary N) is 3. The summed E-state index contributed by atoms with van der Waals surface area (Å²) in [7, 11) is -4.68. The lowest BCUT2D eigenvalue weighted by atomic mass is 9.91. The van der Waals surface area contributed by atoms with Crippen LogP contribution in [0.1, 0.15) is 134 Å². The Kier molecular flexibility index (Phi) is 25.2. The quantitative estimate of drug-likeness (QED) is 0.0352. The summed E-state index contributed by atoms with van der Waals surface area (Å²) in [6, 6.07) is 32.8. The predicted molar refractivity (Wildman–Crippen MR) is 388 cm³/mol. The molecule has 0 unspecified atom stereocenters. The van der Waals surface area contributed by atoms with E-state index >= 15 is 0 Å². The van der Waals surface area contributed by atoms with Crippen molar-refractivity contribution in [3.63, 3.8) is 0 Å². The lowest BCUT2D eigenvalue weighted by molar-refractivity contribution is -0.143. The van der Waals surface area contributed by atoms with E-state index in [4.69, 9.17) is 23.8 Å². The Bertz CT molecular complexity index is 5140. The minimum Gasteiger partial charge on any atom is -0.496 e. The molecule has 0 spiro atoms. The molecule has 3 aromatic heterocycles. The van der Waals surface area contributed by atoms with Gasteiger partial charge in [-0.1, -0.05) is 61.0 Å². The van der Waals surface area contributed by atoms with Gasteiger partial charge in [-0.2, -0.15) is 18.3 Å². The number of oxime groups is 1. The van der Waals surface area contributed by atoms with Gasteiger partial charge in [-0.15, -0.1) is 0 Å². The van der Waals surface area contributed by atoms with Gasteiger partial charge in [-0.25, -0.2) is 45.0 Å². The van der Waals surface area contributed by atoms with Gasteiger partial charge in [0.25, 0.3) is 33.3 Å². The van der Waals surface area contributed by atoms with E-state index in [9.17, 15) is 68.3 Å². The van der Waals surface area contributed by atoms with Crippen molar-refractivity contribution in [2.24, 2.45) is 17.6 Å². The maximum atomic E-state index is 13.5. The molecule has 564 valence electrons. The second kappa shape index (κ2) is 33.9. The summed E-state index contributed by atoms with van der Waals surface area (Å²) in [5.74, 6) is -2.58. The number of para-hydroxylation sites is 1. The highest BCUT2D eigenvalue weighted by Gasteiger charge is 2.35. The lowest BCUT2D eigenvalue weighted by Gasteiger charge is -2.19. The maximum Gasteiger partial charge on any atom is 0.416 e. The average Bonchev–Trinajstić information content (AvgIpc) is 1.50. The Labute approximate surface area is 614 Å². The largest absolute Gasteiger partial charge is 0.496 e. The molecule has 2 aliphatic heterocycles. The third kappa shape index (κ3) is 19.8. The number of methoxy groups -OCH3 is 1. The molecule has 9 aromatic rings. The number of pyridine rings is 1. The third-order valence-corrected chi connectivity index (χ3v) is 19.3. The summed E-state index contributed by atoms with van der Waals surface area (Å²) >= 11 is 0. The Morgan fingerprint density at radius 3 is 1.97 bits per heavy atom. The fraction of sp³-hybridized carbons (Fsp3) is 0.303. The van der Waals surface area contributed by atoms with E-state index in [0.29, 0.717) is 78.9 Å². The van der Waals surface area contributed by atoms with Gasteiger partial charge in [-0.05, 0) is 180 Å². The third-order valence-electron chi connectivity index (χ3n) is 16.8. The molecule has 0 bridgehead atoms. The number of hydrogen-bond acceptors (Lipinski definition) is 19. The second-order valence-electron chi connectivity index (χ2n) is 25.8. The molecule has 107 heavy (non-hydrogen) atoms. The maximum absolute atomic E-state index is 13.5. The fourth-order valence-corrected chi connectivity index (χ4v) is 13.1. The van der Waals surface area contributed by atoms with Crippen molar-refractivity contribution in [1.29, 1.82) is 0 Å². The van der Waals surface area contributed by atoms with Crippen LogP contribution < -0.4 is 35.1 Å². The van der Waals surface area contributed by atoms with Crippen LogP contribution in [0.4, 0.5) is 23.2 Å². The highest BCUT2D eigenvalue weighted by atomic mass is 32.2. The zero-order valence-electron chi connectivity index (χ0n) is 60.1. The van der Waals surface area contributed by atoms with Crippen LogP contribution in [-0.4, -0.2) is 120 Å². The number of esters is 1. The number of sulfonamides is 1. The molecule has 25 nitrogen and oxygen atoms in total. The summed E-state index contributed by atoms with van der Waals surface area (Å²) in [4.78, 5) is 84.5. The van der Waals surface area contributed by atoms with Crippen molar-refractivity contribution < 1.29 is 87.3 Å². The second-order valence-corrected chi connectivity index (χ2v) is 29.5. The number of sulfone groups is 1. The van der Waals surface area contributed by atoms with E-state index in [2.05, 4.69) is 58.8 Å². The minimum atomic E-state index is -4.50. The van der Waals surface area contributed by atoms with Crippen molar-refractivity contribution in [1.82, 2.24) is 34.2 Å². The molecule has 1 fully saturated rings. The fourth-order valence-electron chi connectivity index (χ4n) is 11.1. The molecule has 0 saturated heterocycles. The number of alkyl halides is 3. The zero-order chi connectivity index (χ0) is 77.9. The summed E-state index contributed by atoms with van der Waals surface area (Å²) < 4.78 is 129. The van der Waals surface area contributed by atoms with Gasteiger partial charge < -0.3 is 39.5 Å². The van der Waals surface area contributed by atoms with Gasteiger partial charge in [0.05, 0.1) is 71.7 Å². The normalized spacial score (nSPS) is 13.4. The molecular weight excluding hydrogens is 1440 g/mol. The highest BCUT2D eigenvalue weighted by molar-refractivity contribution is 7.91. The van der Waals surface area contributed by atoms with Gasteiger partial charge in [0.15, 0.2) is 15.6 Å². The number of rotatable bonds is 18. The van der Waals surface area contributed by atoms with Gasteiger partial charge in [-0.3, -0.25) is 28.8 Å². The first-order valence-corrected chi connectivity index (χ1v) is 37.0.